The van der Waals surface area contributed by atoms with Crippen LogP contribution in [0.25, 0.3) is 0 Å². The van der Waals surface area contributed by atoms with Gasteiger partial charge in [0.25, 0.3) is 5.91 Å². The molecule has 0 spiro atoms. The van der Waals surface area contributed by atoms with E-state index in [9.17, 15) is 4.79 Å². The lowest BCUT2D eigenvalue weighted by Gasteiger charge is -2.17. The number of nitrogens with zero attached hydrogens (tertiary/aromatic N) is 1. The number of hydrogen-bond donors (Lipinski definition) is 1. The average Bonchev–Trinajstić information content (AvgIpc) is 2.74. The minimum atomic E-state index is -0.705. The second-order valence-corrected chi connectivity index (χ2v) is 6.03. The maximum absolute atomic E-state index is 12.7. The molecule has 1 aromatic heterocycles. The highest BCUT2D eigenvalue weighted by molar-refractivity contribution is 5.95. The van der Waals surface area contributed by atoms with Crippen LogP contribution in [0.3, 0.4) is 0 Å². The molecule has 0 aliphatic rings. The molecular formula is C22H22N2O4. The Hall–Kier alpha value is -3.38. The van der Waals surface area contributed by atoms with Crippen molar-refractivity contribution in [2.24, 2.45) is 0 Å². The van der Waals surface area contributed by atoms with Crippen molar-refractivity contribution in [1.29, 1.82) is 0 Å². The Labute approximate surface area is 164 Å². The number of nitrogens with one attached hydrogen (secondary N) is 1. The molecule has 0 fully saturated rings. The second-order valence-electron chi connectivity index (χ2n) is 6.03. The molecule has 0 aliphatic heterocycles. The van der Waals surface area contributed by atoms with Crippen LogP contribution >= 0.6 is 0 Å². The molecule has 6 heteroatoms. The summed E-state index contributed by atoms with van der Waals surface area (Å²) in [6.07, 6.45) is 2.74. The quantitative estimate of drug-likeness (QED) is 0.642. The molecule has 1 heterocycles. The van der Waals surface area contributed by atoms with Gasteiger partial charge in [0, 0.05) is 36.8 Å². The van der Waals surface area contributed by atoms with E-state index in [2.05, 4.69) is 10.3 Å². The topological polar surface area (TPSA) is 69.7 Å². The fourth-order valence-electron chi connectivity index (χ4n) is 2.74. The van der Waals surface area contributed by atoms with Crippen molar-refractivity contribution in [3.8, 4) is 11.5 Å². The highest BCUT2D eigenvalue weighted by atomic mass is 16.5. The number of aromatic nitrogens is 1. The fourth-order valence-corrected chi connectivity index (χ4v) is 2.74. The highest BCUT2D eigenvalue weighted by Crippen LogP contribution is 2.31. The molecule has 0 radical (unpaired) electrons. The predicted molar refractivity (Wildman–Crippen MR) is 106 cm³/mol. The number of carbonyl (C=O) groups excluding carboxylic acids is 1. The molecular weight excluding hydrogens is 356 g/mol. The zero-order chi connectivity index (χ0) is 19.8. The summed E-state index contributed by atoms with van der Waals surface area (Å²) in [5.74, 6) is 0.836. The largest absolute Gasteiger partial charge is 0.493 e. The molecule has 1 N–H and O–H groups in total. The van der Waals surface area contributed by atoms with Gasteiger partial charge in [-0.3, -0.25) is 9.78 Å². The molecule has 0 saturated carbocycles. The van der Waals surface area contributed by atoms with Crippen LogP contribution in [0.2, 0.25) is 0 Å². The van der Waals surface area contributed by atoms with E-state index in [1.807, 2.05) is 42.5 Å². The number of rotatable bonds is 8. The number of benzene rings is 2. The molecule has 3 rings (SSSR count). The van der Waals surface area contributed by atoms with Gasteiger partial charge in [-0.25, -0.2) is 0 Å². The molecule has 1 atom stereocenters. The van der Waals surface area contributed by atoms with Gasteiger partial charge in [0.15, 0.2) is 17.6 Å². The van der Waals surface area contributed by atoms with Gasteiger partial charge in [-0.15, -0.1) is 0 Å². The Morgan fingerprint density at radius 3 is 2.54 bits per heavy atom. The first-order valence-corrected chi connectivity index (χ1v) is 8.79. The summed E-state index contributed by atoms with van der Waals surface area (Å²) in [5, 5.41) is 2.87. The van der Waals surface area contributed by atoms with Gasteiger partial charge in [-0.05, 0) is 23.8 Å². The molecule has 1 amide bonds. The van der Waals surface area contributed by atoms with E-state index in [1.54, 1.807) is 37.7 Å². The van der Waals surface area contributed by atoms with Crippen molar-refractivity contribution in [3.05, 3.63) is 84.2 Å². The molecule has 6 nitrogen and oxygen atoms in total. The number of carbonyl (C=O) groups is 1. The smallest absolute Gasteiger partial charge is 0.258 e. The summed E-state index contributed by atoms with van der Waals surface area (Å²) in [6, 6.07) is 18.3. The molecule has 0 aliphatic carbocycles. The van der Waals surface area contributed by atoms with Crippen LogP contribution in [0.5, 0.6) is 11.5 Å². The van der Waals surface area contributed by atoms with E-state index in [0.29, 0.717) is 23.8 Å². The first kappa shape index (κ1) is 19.4. The summed E-state index contributed by atoms with van der Waals surface area (Å²) in [4.78, 5) is 16.7. The first-order valence-electron chi connectivity index (χ1n) is 8.79. The number of methoxy groups -OCH3 is 2. The molecule has 0 saturated heterocycles. The van der Waals surface area contributed by atoms with E-state index >= 15 is 0 Å². The average molecular weight is 378 g/mol. The van der Waals surface area contributed by atoms with Gasteiger partial charge < -0.3 is 19.5 Å². The maximum atomic E-state index is 12.7. The van der Waals surface area contributed by atoms with Crippen LogP contribution in [0, 0.1) is 0 Å². The van der Waals surface area contributed by atoms with Crippen molar-refractivity contribution in [1.82, 2.24) is 4.98 Å². The van der Waals surface area contributed by atoms with Gasteiger partial charge in [-0.2, -0.15) is 0 Å². The van der Waals surface area contributed by atoms with Gasteiger partial charge in [0.05, 0.1) is 7.11 Å². The number of hydrogen-bond acceptors (Lipinski definition) is 5. The van der Waals surface area contributed by atoms with Crippen LogP contribution in [0.1, 0.15) is 17.2 Å². The first-order chi connectivity index (χ1) is 13.7. The van der Waals surface area contributed by atoms with Crippen LogP contribution in [-0.4, -0.2) is 25.1 Å². The SMILES string of the molecule is COc1ccc(NC(=O)C(OC)c2ccccc2)cc1OCc1cccnc1. The predicted octanol–water partition coefficient (Wildman–Crippen LogP) is 4.00. The molecule has 2 aromatic carbocycles. The molecule has 0 bridgehead atoms. The van der Waals surface area contributed by atoms with Gasteiger partial charge in [0.2, 0.25) is 0 Å². The minimum absolute atomic E-state index is 0.267. The Morgan fingerprint density at radius 2 is 1.86 bits per heavy atom. The summed E-state index contributed by atoms with van der Waals surface area (Å²) in [7, 11) is 3.08. The van der Waals surface area contributed by atoms with Gasteiger partial charge in [-0.1, -0.05) is 36.4 Å². The lowest BCUT2D eigenvalue weighted by Crippen LogP contribution is -2.22. The summed E-state index contributed by atoms with van der Waals surface area (Å²) in [5.41, 5.74) is 2.30. The van der Waals surface area contributed by atoms with Crippen molar-refractivity contribution >= 4 is 11.6 Å². The number of ether oxygens (including phenoxy) is 3. The Balaban J connectivity index is 1.74. The number of amides is 1. The Morgan fingerprint density at radius 1 is 1.04 bits per heavy atom. The van der Waals surface area contributed by atoms with Crippen molar-refractivity contribution < 1.29 is 19.0 Å². The summed E-state index contributed by atoms with van der Waals surface area (Å²) in [6.45, 7) is 0.340. The molecule has 144 valence electrons. The van der Waals surface area contributed by atoms with E-state index in [-0.39, 0.29) is 5.91 Å². The molecule has 3 aromatic rings. The van der Waals surface area contributed by atoms with Crippen LogP contribution in [0.4, 0.5) is 5.69 Å². The van der Waals surface area contributed by atoms with Crippen molar-refractivity contribution in [2.75, 3.05) is 19.5 Å². The summed E-state index contributed by atoms with van der Waals surface area (Å²) < 4.78 is 16.6. The summed E-state index contributed by atoms with van der Waals surface area (Å²) >= 11 is 0. The lowest BCUT2D eigenvalue weighted by atomic mass is 10.1. The third-order valence-electron chi connectivity index (χ3n) is 4.12. The van der Waals surface area contributed by atoms with Crippen molar-refractivity contribution in [3.63, 3.8) is 0 Å². The third-order valence-corrected chi connectivity index (χ3v) is 4.12. The van der Waals surface area contributed by atoms with E-state index in [1.165, 1.54) is 7.11 Å². The van der Waals surface area contributed by atoms with E-state index in [0.717, 1.165) is 11.1 Å². The highest BCUT2D eigenvalue weighted by Gasteiger charge is 2.20. The fraction of sp³-hybridized carbons (Fsp3) is 0.182. The third kappa shape index (κ3) is 4.86. The maximum Gasteiger partial charge on any atom is 0.258 e. The zero-order valence-corrected chi connectivity index (χ0v) is 15.8. The van der Waals surface area contributed by atoms with Crippen molar-refractivity contribution in [2.45, 2.75) is 12.7 Å². The van der Waals surface area contributed by atoms with E-state index in [4.69, 9.17) is 14.2 Å². The standard InChI is InChI=1S/C22H22N2O4/c1-26-19-11-10-18(13-20(19)28-15-16-7-6-12-23-14-16)24-22(25)21(27-2)17-8-4-3-5-9-17/h3-14,21H,15H2,1-2H3,(H,24,25). The number of anilines is 1. The lowest BCUT2D eigenvalue weighted by molar-refractivity contribution is -0.126. The molecule has 28 heavy (non-hydrogen) atoms. The Bertz CT molecular complexity index is 901. The van der Waals surface area contributed by atoms with Crippen LogP contribution in [0.15, 0.2) is 73.1 Å². The van der Waals surface area contributed by atoms with Gasteiger partial charge in [0.1, 0.15) is 6.61 Å². The van der Waals surface area contributed by atoms with Crippen LogP contribution < -0.4 is 14.8 Å². The van der Waals surface area contributed by atoms with E-state index < -0.39 is 6.10 Å². The minimum Gasteiger partial charge on any atom is -0.493 e. The normalized spacial score (nSPS) is 11.5. The second kappa shape index (κ2) is 9.53. The zero-order valence-electron chi connectivity index (χ0n) is 15.8. The monoisotopic (exact) mass is 378 g/mol. The Kier molecular flexibility index (Phi) is 6.59. The van der Waals surface area contributed by atoms with Gasteiger partial charge >= 0.3 is 0 Å². The molecule has 1 unspecified atom stereocenters. The number of pyridine rings is 1. The van der Waals surface area contributed by atoms with Crippen LogP contribution in [-0.2, 0) is 16.1 Å².